The van der Waals surface area contributed by atoms with E-state index in [2.05, 4.69) is 17.0 Å². The molecule has 2 aliphatic rings. The number of carboxylic acids is 1. The first kappa shape index (κ1) is 31.1. The lowest BCUT2D eigenvalue weighted by Gasteiger charge is -2.29. The number of carboxylic acid groups (broad SMARTS) is 1. The highest BCUT2D eigenvalue weighted by Crippen LogP contribution is 2.44. The summed E-state index contributed by atoms with van der Waals surface area (Å²) >= 11 is 0. The number of ether oxygens (including phenoxy) is 3. The number of carbonyl (C=O) groups is 3. The van der Waals surface area contributed by atoms with Crippen LogP contribution in [0.25, 0.3) is 11.1 Å². The summed E-state index contributed by atoms with van der Waals surface area (Å²) in [5.74, 6) is -2.11. The first-order valence-electron chi connectivity index (χ1n) is 15.2. The van der Waals surface area contributed by atoms with Crippen LogP contribution in [0.4, 0.5) is 10.5 Å². The van der Waals surface area contributed by atoms with Crippen molar-refractivity contribution in [3.63, 3.8) is 0 Å². The molecule has 3 aromatic carbocycles. The van der Waals surface area contributed by atoms with Gasteiger partial charge in [0.2, 0.25) is 6.10 Å². The predicted molar refractivity (Wildman–Crippen MR) is 167 cm³/mol. The van der Waals surface area contributed by atoms with E-state index in [-0.39, 0.29) is 24.9 Å². The maximum Gasteiger partial charge on any atom is 0.410 e. The largest absolute Gasteiger partial charge is 0.478 e. The molecule has 1 aliphatic heterocycles. The van der Waals surface area contributed by atoms with Crippen molar-refractivity contribution in [1.82, 2.24) is 4.90 Å². The Kier molecular flexibility index (Phi) is 9.85. The van der Waals surface area contributed by atoms with Gasteiger partial charge in [-0.15, -0.1) is 0 Å². The maximum absolute atomic E-state index is 13.4. The van der Waals surface area contributed by atoms with Crippen LogP contribution in [0.2, 0.25) is 0 Å². The third-order valence-corrected chi connectivity index (χ3v) is 8.33. The highest BCUT2D eigenvalue weighted by atomic mass is 16.6. The van der Waals surface area contributed by atoms with Crippen molar-refractivity contribution in [3.05, 3.63) is 89.5 Å². The van der Waals surface area contributed by atoms with Crippen molar-refractivity contribution < 1.29 is 33.7 Å². The average molecular weight is 601 g/mol. The van der Waals surface area contributed by atoms with Crippen LogP contribution in [0.15, 0.2) is 72.8 Å². The molecular weight excluding hydrogens is 560 g/mol. The summed E-state index contributed by atoms with van der Waals surface area (Å²) < 4.78 is 16.7. The summed E-state index contributed by atoms with van der Waals surface area (Å²) in [7, 11) is 1.49. The van der Waals surface area contributed by atoms with Crippen LogP contribution in [0.5, 0.6) is 0 Å². The summed E-state index contributed by atoms with van der Waals surface area (Å²) in [6.45, 7) is 6.89. The lowest BCUT2D eigenvalue weighted by Crippen LogP contribution is -2.46. The van der Waals surface area contributed by atoms with Crippen LogP contribution in [0.3, 0.4) is 0 Å². The summed E-state index contributed by atoms with van der Waals surface area (Å²) in [5, 5.41) is 9.91. The van der Waals surface area contributed by atoms with E-state index in [1.54, 1.807) is 0 Å². The number of carbonyl (C=O) groups excluding carboxylic acids is 2. The van der Waals surface area contributed by atoms with Crippen LogP contribution in [0, 0.1) is 5.92 Å². The van der Waals surface area contributed by atoms with Crippen LogP contribution in [-0.2, 0) is 30.2 Å². The zero-order chi connectivity index (χ0) is 31.2. The van der Waals surface area contributed by atoms with E-state index in [0.717, 1.165) is 46.6 Å². The zero-order valence-electron chi connectivity index (χ0n) is 25.5. The molecule has 2 atom stereocenters. The Hall–Kier alpha value is -4.37. The van der Waals surface area contributed by atoms with E-state index in [0.29, 0.717) is 19.6 Å². The van der Waals surface area contributed by atoms with E-state index < -0.39 is 30.2 Å². The Morgan fingerprint density at radius 2 is 1.52 bits per heavy atom. The number of rotatable bonds is 11. The quantitative estimate of drug-likeness (QED) is 0.294. The molecule has 0 aromatic heterocycles. The molecule has 1 fully saturated rings. The van der Waals surface area contributed by atoms with Gasteiger partial charge in [0.1, 0.15) is 12.6 Å². The Balaban J connectivity index is 1.23. The molecule has 1 amide bonds. The van der Waals surface area contributed by atoms with Gasteiger partial charge in [0, 0.05) is 38.2 Å². The summed E-state index contributed by atoms with van der Waals surface area (Å²) in [6, 6.07) is 22.7. The van der Waals surface area contributed by atoms with Crippen molar-refractivity contribution in [1.29, 1.82) is 0 Å². The number of morpholine rings is 1. The monoisotopic (exact) mass is 600 g/mol. The molecule has 0 spiro atoms. The fraction of sp³-hybridized carbons (Fsp3) is 0.400. The molecule has 1 saturated heterocycles. The number of hydrogen-bond acceptors (Lipinski definition) is 7. The van der Waals surface area contributed by atoms with Gasteiger partial charge in [-0.25, -0.2) is 14.4 Å². The summed E-state index contributed by atoms with van der Waals surface area (Å²) in [4.78, 5) is 42.3. The van der Waals surface area contributed by atoms with E-state index in [9.17, 15) is 19.5 Å². The molecule has 0 saturated carbocycles. The van der Waals surface area contributed by atoms with Gasteiger partial charge in [-0.2, -0.15) is 0 Å². The van der Waals surface area contributed by atoms with Gasteiger partial charge in [-0.05, 0) is 52.3 Å². The number of nitrogens with zero attached hydrogens (tertiary/aromatic N) is 2. The molecule has 1 heterocycles. The van der Waals surface area contributed by atoms with Crippen molar-refractivity contribution in [2.24, 2.45) is 5.92 Å². The fourth-order valence-corrected chi connectivity index (χ4v) is 5.96. The van der Waals surface area contributed by atoms with Gasteiger partial charge in [0.05, 0.1) is 13.2 Å². The Morgan fingerprint density at radius 3 is 2.09 bits per heavy atom. The molecule has 5 rings (SSSR count). The molecule has 44 heavy (non-hydrogen) atoms. The summed E-state index contributed by atoms with van der Waals surface area (Å²) in [6.07, 6.45) is -1.77. The van der Waals surface area contributed by atoms with Gasteiger partial charge in [-0.3, -0.25) is 4.90 Å². The third kappa shape index (κ3) is 7.05. The molecule has 9 heteroatoms. The van der Waals surface area contributed by atoms with Crippen LogP contribution in [0.1, 0.15) is 42.9 Å². The van der Waals surface area contributed by atoms with Crippen molar-refractivity contribution in [3.8, 4) is 11.1 Å². The molecule has 0 bridgehead atoms. The Morgan fingerprint density at radius 1 is 0.932 bits per heavy atom. The van der Waals surface area contributed by atoms with Gasteiger partial charge in [-0.1, -0.05) is 74.5 Å². The van der Waals surface area contributed by atoms with Crippen LogP contribution >= 0.6 is 0 Å². The van der Waals surface area contributed by atoms with Gasteiger partial charge in [0.25, 0.3) is 0 Å². The van der Waals surface area contributed by atoms with E-state index >= 15 is 0 Å². The number of esters is 1. The predicted octanol–water partition coefficient (Wildman–Crippen LogP) is 5.36. The van der Waals surface area contributed by atoms with Gasteiger partial charge in [0.15, 0.2) is 0 Å². The van der Waals surface area contributed by atoms with E-state index in [4.69, 9.17) is 14.2 Å². The van der Waals surface area contributed by atoms with Crippen molar-refractivity contribution >= 4 is 23.7 Å². The summed E-state index contributed by atoms with van der Waals surface area (Å²) in [5.41, 5.74) is 6.17. The number of likely N-dealkylation sites (N-methyl/N-ethyl adjacent to an activating group) is 1. The second kappa shape index (κ2) is 13.9. The normalized spacial score (nSPS) is 15.7. The highest BCUT2D eigenvalue weighted by molar-refractivity contribution is 5.84. The standard InChI is InChI=1S/C35H40N2O7/c1-23(2)20-31(34(40)44-32(33(38)39)21-24-12-14-25(15-13-24)37-16-18-42-19-17-37)36(3)35(41)43-22-30-28-10-6-4-8-26(28)27-9-5-7-11-29(27)30/h4-15,23,30-32H,16-22H2,1-3H3,(H,38,39)/t31-,32+/m0/s1. The number of fused-ring (bicyclic) bond motifs is 3. The van der Waals surface area contributed by atoms with E-state index in [1.165, 1.54) is 11.9 Å². The number of amides is 1. The van der Waals surface area contributed by atoms with Crippen LogP contribution < -0.4 is 4.90 Å². The number of hydrogen-bond donors (Lipinski definition) is 1. The van der Waals surface area contributed by atoms with Gasteiger partial charge >= 0.3 is 18.0 Å². The first-order valence-corrected chi connectivity index (χ1v) is 15.2. The zero-order valence-corrected chi connectivity index (χ0v) is 25.5. The second-order valence-corrected chi connectivity index (χ2v) is 11.8. The van der Waals surface area contributed by atoms with Crippen molar-refractivity contribution in [2.75, 3.05) is 44.9 Å². The molecule has 3 aromatic rings. The number of benzene rings is 3. The number of anilines is 1. The van der Waals surface area contributed by atoms with Crippen LogP contribution in [-0.4, -0.2) is 80.1 Å². The molecule has 1 N–H and O–H groups in total. The molecule has 9 nitrogen and oxygen atoms in total. The first-order chi connectivity index (χ1) is 21.2. The minimum absolute atomic E-state index is 0.00746. The fourth-order valence-electron chi connectivity index (χ4n) is 5.96. The molecular formula is C35H40N2O7. The lowest BCUT2D eigenvalue weighted by molar-refractivity contribution is -0.167. The SMILES string of the molecule is CC(C)C[C@@H](C(=O)O[C@H](Cc1ccc(N2CCOCC2)cc1)C(=O)O)N(C)C(=O)OCC1c2ccccc2-c2ccccc21. The second-order valence-electron chi connectivity index (χ2n) is 11.8. The Bertz CT molecular complexity index is 1420. The lowest BCUT2D eigenvalue weighted by atomic mass is 9.98. The third-order valence-electron chi connectivity index (χ3n) is 8.33. The van der Waals surface area contributed by atoms with Gasteiger partial charge < -0.3 is 24.2 Å². The highest BCUT2D eigenvalue weighted by Gasteiger charge is 2.35. The minimum Gasteiger partial charge on any atom is -0.478 e. The van der Waals surface area contributed by atoms with E-state index in [1.807, 2.05) is 74.5 Å². The minimum atomic E-state index is -1.40. The topological polar surface area (TPSA) is 106 Å². The molecule has 0 unspecified atom stereocenters. The number of aliphatic carboxylic acids is 1. The van der Waals surface area contributed by atoms with Crippen molar-refractivity contribution in [2.45, 2.75) is 44.8 Å². The maximum atomic E-state index is 13.4. The molecule has 1 aliphatic carbocycles. The molecule has 232 valence electrons. The smallest absolute Gasteiger partial charge is 0.410 e. The molecule has 0 radical (unpaired) electrons. The average Bonchev–Trinajstić information content (AvgIpc) is 3.36. The Labute approximate surface area is 258 Å².